The second-order valence-corrected chi connectivity index (χ2v) is 7.53. The van der Waals surface area contributed by atoms with Crippen molar-refractivity contribution in [1.82, 2.24) is 9.80 Å². The topological polar surface area (TPSA) is 60.9 Å². The van der Waals surface area contributed by atoms with Gasteiger partial charge in [-0.25, -0.2) is 0 Å². The molecule has 1 saturated heterocycles. The number of hydrogen-bond donors (Lipinski definition) is 0. The molecular formula is C21H20ClN3O3. The molecule has 0 aromatic heterocycles. The minimum Gasteiger partial charge on any atom is -0.368 e. The Hall–Kier alpha value is -2.86. The molecule has 3 amide bonds. The molecule has 0 spiro atoms. The van der Waals surface area contributed by atoms with Crippen molar-refractivity contribution < 1.29 is 14.4 Å². The van der Waals surface area contributed by atoms with E-state index in [-0.39, 0.29) is 18.0 Å². The number of imide groups is 1. The third-order valence-electron chi connectivity index (χ3n) is 5.23. The Kier molecular flexibility index (Phi) is 4.81. The van der Waals surface area contributed by atoms with Gasteiger partial charge in [0.25, 0.3) is 11.8 Å². The van der Waals surface area contributed by atoms with E-state index in [0.29, 0.717) is 36.8 Å². The van der Waals surface area contributed by atoms with Gasteiger partial charge < -0.3 is 9.80 Å². The van der Waals surface area contributed by atoms with Gasteiger partial charge in [0.1, 0.15) is 6.54 Å². The van der Waals surface area contributed by atoms with Gasteiger partial charge in [0, 0.05) is 36.9 Å². The maximum absolute atomic E-state index is 12.7. The van der Waals surface area contributed by atoms with Crippen molar-refractivity contribution >= 4 is 35.0 Å². The Balaban J connectivity index is 1.39. The van der Waals surface area contributed by atoms with E-state index in [2.05, 4.69) is 30.0 Å². The van der Waals surface area contributed by atoms with Gasteiger partial charge >= 0.3 is 0 Å². The van der Waals surface area contributed by atoms with Gasteiger partial charge in [-0.3, -0.25) is 19.3 Å². The molecule has 144 valence electrons. The number of carbonyl (C=O) groups excluding carboxylic acids is 3. The number of piperazine rings is 1. The number of carbonyl (C=O) groups is 3. The summed E-state index contributed by atoms with van der Waals surface area (Å²) in [5, 5.41) is 0.389. The molecule has 0 aliphatic carbocycles. The molecule has 2 aliphatic heterocycles. The molecule has 4 rings (SSSR count). The lowest BCUT2D eigenvalue weighted by Gasteiger charge is -2.36. The van der Waals surface area contributed by atoms with Gasteiger partial charge in [-0.05, 0) is 42.8 Å². The highest BCUT2D eigenvalue weighted by Gasteiger charge is 2.37. The summed E-state index contributed by atoms with van der Waals surface area (Å²) < 4.78 is 0. The van der Waals surface area contributed by atoms with Crippen LogP contribution in [-0.4, -0.2) is 60.2 Å². The van der Waals surface area contributed by atoms with Crippen LogP contribution in [0, 0.1) is 6.92 Å². The van der Waals surface area contributed by atoms with Crippen LogP contribution >= 0.6 is 11.6 Å². The summed E-state index contributed by atoms with van der Waals surface area (Å²) in [7, 11) is 0. The van der Waals surface area contributed by atoms with Crippen LogP contribution in [0.15, 0.2) is 42.5 Å². The summed E-state index contributed by atoms with van der Waals surface area (Å²) in [6, 6.07) is 12.8. The number of hydrogen-bond acceptors (Lipinski definition) is 4. The number of halogens is 1. The van der Waals surface area contributed by atoms with Crippen molar-refractivity contribution in [3.05, 3.63) is 64.2 Å². The smallest absolute Gasteiger partial charge is 0.262 e. The SMILES string of the molecule is Cc1cccc(N2CCN(C(=O)CN3C(=O)c4ccc(Cl)cc4C3=O)CC2)c1. The monoisotopic (exact) mass is 397 g/mol. The number of aryl methyl sites for hydroxylation is 1. The standard InChI is InChI=1S/C21H20ClN3O3/c1-14-3-2-4-16(11-14)23-7-9-24(10-8-23)19(26)13-25-20(27)17-6-5-15(22)12-18(17)21(25)28/h2-6,11-12H,7-10,13H2,1H3. The summed E-state index contributed by atoms with van der Waals surface area (Å²) in [5.41, 5.74) is 2.90. The molecule has 0 radical (unpaired) electrons. The van der Waals surface area contributed by atoms with Crippen LogP contribution in [0.1, 0.15) is 26.3 Å². The number of benzene rings is 2. The van der Waals surface area contributed by atoms with Crippen LogP contribution in [0.5, 0.6) is 0 Å². The van der Waals surface area contributed by atoms with Crippen LogP contribution in [-0.2, 0) is 4.79 Å². The predicted octanol–water partition coefficient (Wildman–Crippen LogP) is 2.59. The maximum Gasteiger partial charge on any atom is 0.262 e. The van der Waals surface area contributed by atoms with E-state index in [4.69, 9.17) is 11.6 Å². The molecule has 0 bridgehead atoms. The highest BCUT2D eigenvalue weighted by Crippen LogP contribution is 2.26. The zero-order valence-corrected chi connectivity index (χ0v) is 16.3. The molecule has 2 aromatic rings. The number of nitrogens with zero attached hydrogens (tertiary/aromatic N) is 3. The summed E-state index contributed by atoms with van der Waals surface area (Å²) in [6.45, 7) is 4.36. The lowest BCUT2D eigenvalue weighted by molar-refractivity contribution is -0.131. The zero-order chi connectivity index (χ0) is 19.8. The Morgan fingerprint density at radius 2 is 1.68 bits per heavy atom. The second-order valence-electron chi connectivity index (χ2n) is 7.09. The second kappa shape index (κ2) is 7.28. The molecule has 0 atom stereocenters. The Morgan fingerprint density at radius 3 is 2.39 bits per heavy atom. The van der Waals surface area contributed by atoms with Crippen molar-refractivity contribution in [3.63, 3.8) is 0 Å². The minimum absolute atomic E-state index is 0.218. The third-order valence-corrected chi connectivity index (χ3v) is 5.46. The van der Waals surface area contributed by atoms with E-state index in [1.807, 2.05) is 6.07 Å². The molecule has 7 heteroatoms. The van der Waals surface area contributed by atoms with Crippen LogP contribution in [0.25, 0.3) is 0 Å². The van der Waals surface area contributed by atoms with Gasteiger partial charge in [-0.15, -0.1) is 0 Å². The van der Waals surface area contributed by atoms with Crippen LogP contribution in [0.3, 0.4) is 0 Å². The van der Waals surface area contributed by atoms with Crippen molar-refractivity contribution in [2.24, 2.45) is 0 Å². The molecule has 6 nitrogen and oxygen atoms in total. The highest BCUT2D eigenvalue weighted by molar-refractivity contribution is 6.32. The number of amides is 3. The molecule has 0 unspecified atom stereocenters. The van der Waals surface area contributed by atoms with Gasteiger partial charge in [0.2, 0.25) is 5.91 Å². The lowest BCUT2D eigenvalue weighted by Crippen LogP contribution is -2.51. The van der Waals surface area contributed by atoms with E-state index in [0.717, 1.165) is 10.6 Å². The van der Waals surface area contributed by atoms with E-state index >= 15 is 0 Å². The lowest BCUT2D eigenvalue weighted by atomic mass is 10.1. The molecule has 0 N–H and O–H groups in total. The van der Waals surface area contributed by atoms with E-state index in [9.17, 15) is 14.4 Å². The fourth-order valence-electron chi connectivity index (χ4n) is 3.68. The van der Waals surface area contributed by atoms with E-state index in [1.54, 1.807) is 11.0 Å². The van der Waals surface area contributed by atoms with Gasteiger partial charge in [-0.2, -0.15) is 0 Å². The summed E-state index contributed by atoms with van der Waals surface area (Å²) in [5.74, 6) is -1.12. The number of anilines is 1. The summed E-state index contributed by atoms with van der Waals surface area (Å²) in [6.07, 6.45) is 0. The average Bonchev–Trinajstić information content (AvgIpc) is 2.92. The highest BCUT2D eigenvalue weighted by atomic mass is 35.5. The molecule has 2 heterocycles. The normalized spacial score (nSPS) is 16.6. The Morgan fingerprint density at radius 1 is 0.964 bits per heavy atom. The third kappa shape index (κ3) is 3.36. The van der Waals surface area contributed by atoms with Crippen molar-refractivity contribution in [2.75, 3.05) is 37.6 Å². The largest absolute Gasteiger partial charge is 0.368 e. The van der Waals surface area contributed by atoms with Crippen molar-refractivity contribution in [2.45, 2.75) is 6.92 Å². The first-order valence-corrected chi connectivity index (χ1v) is 9.57. The summed E-state index contributed by atoms with van der Waals surface area (Å²) >= 11 is 5.92. The number of rotatable bonds is 3. The van der Waals surface area contributed by atoms with Crippen LogP contribution < -0.4 is 4.90 Å². The maximum atomic E-state index is 12.7. The first-order chi connectivity index (χ1) is 13.4. The molecule has 1 fully saturated rings. The molecule has 0 saturated carbocycles. The molecular weight excluding hydrogens is 378 g/mol. The molecule has 28 heavy (non-hydrogen) atoms. The van der Waals surface area contributed by atoms with Crippen LogP contribution in [0.2, 0.25) is 5.02 Å². The van der Waals surface area contributed by atoms with E-state index < -0.39 is 11.8 Å². The minimum atomic E-state index is -0.464. The van der Waals surface area contributed by atoms with Crippen molar-refractivity contribution in [1.29, 1.82) is 0 Å². The zero-order valence-electron chi connectivity index (χ0n) is 15.5. The predicted molar refractivity (Wildman–Crippen MR) is 107 cm³/mol. The quantitative estimate of drug-likeness (QED) is 0.747. The fraction of sp³-hybridized carbons (Fsp3) is 0.286. The molecule has 2 aliphatic rings. The fourth-order valence-corrected chi connectivity index (χ4v) is 3.85. The average molecular weight is 398 g/mol. The van der Waals surface area contributed by atoms with Crippen LogP contribution in [0.4, 0.5) is 5.69 Å². The Labute approximate surface area is 168 Å². The first-order valence-electron chi connectivity index (χ1n) is 9.19. The van der Waals surface area contributed by atoms with Gasteiger partial charge in [0.15, 0.2) is 0 Å². The first kappa shape index (κ1) is 18.5. The molecule has 2 aromatic carbocycles. The van der Waals surface area contributed by atoms with Crippen molar-refractivity contribution in [3.8, 4) is 0 Å². The Bertz CT molecular complexity index is 967. The summed E-state index contributed by atoms with van der Waals surface area (Å²) in [4.78, 5) is 42.7. The van der Waals surface area contributed by atoms with Gasteiger partial charge in [-0.1, -0.05) is 23.7 Å². The van der Waals surface area contributed by atoms with Gasteiger partial charge in [0.05, 0.1) is 11.1 Å². The van der Waals surface area contributed by atoms with E-state index in [1.165, 1.54) is 17.7 Å². The number of fused-ring (bicyclic) bond motifs is 1.